The maximum absolute atomic E-state index is 11.2. The lowest BCUT2D eigenvalue weighted by Crippen LogP contribution is -2.10. The largest absolute Gasteiger partial charge is 0.493 e. The van der Waals surface area contributed by atoms with E-state index in [2.05, 4.69) is 0 Å². The Morgan fingerprint density at radius 2 is 2.00 bits per heavy atom. The van der Waals surface area contributed by atoms with E-state index in [1.54, 1.807) is 25.3 Å². The highest BCUT2D eigenvalue weighted by Crippen LogP contribution is 2.25. The van der Waals surface area contributed by atoms with Crippen molar-refractivity contribution in [2.75, 3.05) is 19.1 Å². The van der Waals surface area contributed by atoms with Crippen molar-refractivity contribution >= 4 is 17.7 Å². The molecule has 0 fully saturated rings. The third-order valence-electron chi connectivity index (χ3n) is 1.56. The first kappa shape index (κ1) is 10.9. The maximum atomic E-state index is 11.2. The first-order chi connectivity index (χ1) is 6.77. The molecule has 76 valence electrons. The number of hydrogen-bond acceptors (Lipinski definition) is 4. The number of thioether (sulfide) groups is 1. The molecule has 1 aromatic carbocycles. The van der Waals surface area contributed by atoms with Crippen LogP contribution in [0.3, 0.4) is 0 Å². The zero-order valence-corrected chi connectivity index (χ0v) is 8.97. The van der Waals surface area contributed by atoms with Crippen molar-refractivity contribution in [3.63, 3.8) is 0 Å². The third kappa shape index (κ3) is 2.96. The lowest BCUT2D eigenvalue weighted by Gasteiger charge is -2.07. The van der Waals surface area contributed by atoms with Gasteiger partial charge < -0.3 is 9.47 Å². The molecule has 0 heterocycles. The van der Waals surface area contributed by atoms with Crippen LogP contribution in [0.5, 0.6) is 11.5 Å². The zero-order valence-electron chi connectivity index (χ0n) is 8.15. The van der Waals surface area contributed by atoms with Crippen LogP contribution in [0.2, 0.25) is 0 Å². The van der Waals surface area contributed by atoms with Gasteiger partial charge in [0.15, 0.2) is 11.5 Å². The van der Waals surface area contributed by atoms with E-state index in [1.165, 1.54) is 11.8 Å². The first-order valence-electron chi connectivity index (χ1n) is 4.10. The van der Waals surface area contributed by atoms with E-state index >= 15 is 0 Å². The third-order valence-corrected chi connectivity index (χ3v) is 2.08. The van der Waals surface area contributed by atoms with Gasteiger partial charge in [0.2, 0.25) is 0 Å². The Morgan fingerprint density at radius 1 is 1.36 bits per heavy atom. The molecule has 4 heteroatoms. The number of para-hydroxylation sites is 2. The van der Waals surface area contributed by atoms with Gasteiger partial charge in [-0.1, -0.05) is 12.1 Å². The molecule has 1 aromatic rings. The number of carbonyl (C=O) groups is 1. The highest BCUT2D eigenvalue weighted by molar-refractivity contribution is 7.99. The Labute approximate surface area is 87.4 Å². The van der Waals surface area contributed by atoms with Gasteiger partial charge in [-0.15, -0.1) is 0 Å². The highest BCUT2D eigenvalue weighted by atomic mass is 32.2. The topological polar surface area (TPSA) is 35.5 Å². The molecule has 0 N–H and O–H groups in total. The molecule has 0 saturated heterocycles. The van der Waals surface area contributed by atoms with Crippen LogP contribution in [0.25, 0.3) is 0 Å². The van der Waals surface area contributed by atoms with E-state index in [0.29, 0.717) is 17.3 Å². The average Bonchev–Trinajstić information content (AvgIpc) is 2.19. The second-order valence-electron chi connectivity index (χ2n) is 2.56. The van der Waals surface area contributed by atoms with E-state index in [-0.39, 0.29) is 5.97 Å². The molecule has 0 aliphatic heterocycles. The van der Waals surface area contributed by atoms with Crippen LogP contribution in [0.4, 0.5) is 0 Å². The summed E-state index contributed by atoms with van der Waals surface area (Å²) in [6.07, 6.45) is 1.85. The summed E-state index contributed by atoms with van der Waals surface area (Å²) in [5, 5.41) is 0. The summed E-state index contributed by atoms with van der Waals surface area (Å²) >= 11 is 1.43. The van der Waals surface area contributed by atoms with Crippen molar-refractivity contribution in [3.05, 3.63) is 24.3 Å². The van der Waals surface area contributed by atoms with Gasteiger partial charge in [-0.25, -0.2) is 0 Å². The first-order valence-corrected chi connectivity index (χ1v) is 5.50. The molecule has 0 amide bonds. The Bertz CT molecular complexity index is 312. The molecule has 0 unspecified atom stereocenters. The van der Waals surface area contributed by atoms with Crippen LogP contribution >= 0.6 is 11.8 Å². The summed E-state index contributed by atoms with van der Waals surface area (Å²) in [6.45, 7) is 0. The Kier molecular flexibility index (Phi) is 4.32. The molecule has 1 rings (SSSR count). The Balaban J connectivity index is 2.70. The molecule has 3 nitrogen and oxygen atoms in total. The molecule has 0 atom stereocenters. The molecule has 0 saturated carbocycles. The van der Waals surface area contributed by atoms with Gasteiger partial charge >= 0.3 is 5.97 Å². The number of benzene rings is 1. The quantitative estimate of drug-likeness (QED) is 0.564. The van der Waals surface area contributed by atoms with Gasteiger partial charge in [-0.2, -0.15) is 11.8 Å². The van der Waals surface area contributed by atoms with Gasteiger partial charge in [0.1, 0.15) is 0 Å². The molecule has 14 heavy (non-hydrogen) atoms. The van der Waals surface area contributed by atoms with Gasteiger partial charge in [0.05, 0.1) is 12.9 Å². The predicted octanol–water partition coefficient (Wildman–Crippen LogP) is 1.96. The molecule has 0 aliphatic carbocycles. The molecule has 0 aromatic heterocycles. The molecular weight excluding hydrogens is 200 g/mol. The number of ether oxygens (including phenoxy) is 2. The van der Waals surface area contributed by atoms with Crippen molar-refractivity contribution < 1.29 is 14.3 Å². The van der Waals surface area contributed by atoms with Crippen LogP contribution in [-0.4, -0.2) is 25.1 Å². The summed E-state index contributed by atoms with van der Waals surface area (Å²) in [4.78, 5) is 11.2. The minimum atomic E-state index is -0.262. The minimum Gasteiger partial charge on any atom is -0.493 e. The summed E-state index contributed by atoms with van der Waals surface area (Å²) in [5.74, 6) is 1.12. The summed E-state index contributed by atoms with van der Waals surface area (Å²) in [6, 6.07) is 7.08. The highest BCUT2D eigenvalue weighted by Gasteiger charge is 2.07. The van der Waals surface area contributed by atoms with Crippen LogP contribution in [0.1, 0.15) is 0 Å². The number of hydrogen-bond donors (Lipinski definition) is 0. The predicted molar refractivity (Wildman–Crippen MR) is 57.0 cm³/mol. The lowest BCUT2D eigenvalue weighted by molar-refractivity contribution is -0.131. The summed E-state index contributed by atoms with van der Waals surface area (Å²) in [7, 11) is 1.54. The number of esters is 1. The van der Waals surface area contributed by atoms with Crippen molar-refractivity contribution in [1.82, 2.24) is 0 Å². The fraction of sp³-hybridized carbons (Fsp3) is 0.300. The zero-order chi connectivity index (χ0) is 10.4. The SMILES string of the molecule is COc1ccccc1OC(=O)CSC. The maximum Gasteiger partial charge on any atom is 0.321 e. The fourth-order valence-electron chi connectivity index (χ4n) is 0.973. The van der Waals surface area contributed by atoms with Crippen LogP contribution in [-0.2, 0) is 4.79 Å². The van der Waals surface area contributed by atoms with Crippen molar-refractivity contribution in [2.24, 2.45) is 0 Å². The van der Waals surface area contributed by atoms with Crippen LogP contribution < -0.4 is 9.47 Å². The van der Waals surface area contributed by atoms with Crippen molar-refractivity contribution in [3.8, 4) is 11.5 Å². The Hall–Kier alpha value is -1.16. The molecule has 0 spiro atoms. The summed E-state index contributed by atoms with van der Waals surface area (Å²) < 4.78 is 10.1. The number of carbonyl (C=O) groups excluding carboxylic acids is 1. The van der Waals surface area contributed by atoms with Gasteiger partial charge in [-0.05, 0) is 18.4 Å². The molecule has 0 bridgehead atoms. The van der Waals surface area contributed by atoms with Gasteiger partial charge in [-0.3, -0.25) is 4.79 Å². The van der Waals surface area contributed by atoms with E-state index in [9.17, 15) is 4.79 Å². The minimum absolute atomic E-state index is 0.262. The van der Waals surface area contributed by atoms with Crippen molar-refractivity contribution in [2.45, 2.75) is 0 Å². The van der Waals surface area contributed by atoms with E-state index in [1.807, 2.05) is 12.3 Å². The second-order valence-corrected chi connectivity index (χ2v) is 3.42. The lowest BCUT2D eigenvalue weighted by atomic mass is 10.3. The normalized spacial score (nSPS) is 9.57. The standard InChI is InChI=1S/C10H12O3S/c1-12-8-5-3-4-6-9(8)13-10(11)7-14-2/h3-6H,7H2,1-2H3. The smallest absolute Gasteiger partial charge is 0.321 e. The molecule has 0 radical (unpaired) electrons. The second kappa shape index (κ2) is 5.54. The van der Waals surface area contributed by atoms with E-state index < -0.39 is 0 Å². The number of methoxy groups -OCH3 is 1. The van der Waals surface area contributed by atoms with Gasteiger partial charge in [0.25, 0.3) is 0 Å². The molecule has 0 aliphatic rings. The average molecular weight is 212 g/mol. The number of rotatable bonds is 4. The van der Waals surface area contributed by atoms with E-state index in [4.69, 9.17) is 9.47 Å². The Morgan fingerprint density at radius 3 is 2.57 bits per heavy atom. The fourth-order valence-corrected chi connectivity index (χ4v) is 1.27. The van der Waals surface area contributed by atoms with Crippen LogP contribution in [0, 0.1) is 0 Å². The monoisotopic (exact) mass is 212 g/mol. The van der Waals surface area contributed by atoms with Crippen LogP contribution in [0.15, 0.2) is 24.3 Å². The van der Waals surface area contributed by atoms with E-state index in [0.717, 1.165) is 0 Å². The summed E-state index contributed by atoms with van der Waals surface area (Å²) in [5.41, 5.74) is 0. The van der Waals surface area contributed by atoms with Gasteiger partial charge in [0, 0.05) is 0 Å². The van der Waals surface area contributed by atoms with Crippen molar-refractivity contribution in [1.29, 1.82) is 0 Å². The molecular formula is C10H12O3S.